The first-order valence-corrected chi connectivity index (χ1v) is 9.98. The van der Waals surface area contributed by atoms with E-state index in [2.05, 4.69) is 15.1 Å². The molecular formula is C24H22N4O4. The number of para-hydroxylation sites is 2. The molecule has 162 valence electrons. The molecule has 1 amide bonds. The van der Waals surface area contributed by atoms with Gasteiger partial charge in [0.1, 0.15) is 12.3 Å². The van der Waals surface area contributed by atoms with Gasteiger partial charge in [-0.05, 0) is 43.3 Å². The second-order valence-electron chi connectivity index (χ2n) is 6.99. The fourth-order valence-electron chi connectivity index (χ4n) is 3.35. The minimum atomic E-state index is -0.289. The number of aromatic amines is 1. The number of H-pyrrole nitrogens is 1. The molecule has 0 spiro atoms. The van der Waals surface area contributed by atoms with Gasteiger partial charge in [-0.25, -0.2) is 14.5 Å². The Labute approximate surface area is 184 Å². The molecule has 1 aromatic heterocycles. The van der Waals surface area contributed by atoms with Crippen molar-refractivity contribution in [3.05, 3.63) is 100.0 Å². The molecule has 0 unspecified atom stereocenters. The molecule has 0 bridgehead atoms. The molecule has 4 rings (SSSR count). The monoisotopic (exact) mass is 430 g/mol. The van der Waals surface area contributed by atoms with Crippen LogP contribution in [0.2, 0.25) is 0 Å². The molecule has 2 aromatic carbocycles. The fraction of sp³-hybridized carbons (Fsp3) is 0.125. The number of amides is 1. The number of hydrogen-bond acceptors (Lipinski definition) is 5. The molecule has 0 aliphatic carbocycles. The first kappa shape index (κ1) is 21.2. The van der Waals surface area contributed by atoms with E-state index >= 15 is 0 Å². The molecule has 32 heavy (non-hydrogen) atoms. The van der Waals surface area contributed by atoms with Gasteiger partial charge in [0.2, 0.25) is 0 Å². The second-order valence-corrected chi connectivity index (χ2v) is 6.99. The number of allylic oxidation sites excluding steroid dienone is 2. The van der Waals surface area contributed by atoms with Crippen molar-refractivity contribution >= 4 is 23.4 Å². The predicted octanol–water partition coefficient (Wildman–Crippen LogP) is 3.39. The minimum Gasteiger partial charge on any atom is -0.295 e. The Bertz CT molecular complexity index is 1250. The van der Waals surface area contributed by atoms with Gasteiger partial charge in [0.15, 0.2) is 0 Å². The number of rotatable bonds is 7. The highest BCUT2D eigenvalue weighted by Crippen LogP contribution is 2.23. The van der Waals surface area contributed by atoms with Crippen molar-refractivity contribution in [2.45, 2.75) is 6.92 Å². The Hall–Kier alpha value is -4.01. The molecule has 2 heterocycles. The van der Waals surface area contributed by atoms with E-state index in [9.17, 15) is 9.59 Å². The van der Waals surface area contributed by atoms with Crippen LogP contribution in [0.1, 0.15) is 11.3 Å². The van der Waals surface area contributed by atoms with Gasteiger partial charge in [-0.2, -0.15) is 10.1 Å². The van der Waals surface area contributed by atoms with Crippen LogP contribution in [0.5, 0.6) is 0 Å². The van der Waals surface area contributed by atoms with E-state index in [1.54, 1.807) is 30.4 Å². The topological polar surface area (TPSA) is 88.9 Å². The van der Waals surface area contributed by atoms with Crippen LogP contribution in [0.15, 0.2) is 88.3 Å². The zero-order chi connectivity index (χ0) is 22.5. The first-order valence-electron chi connectivity index (χ1n) is 9.98. The van der Waals surface area contributed by atoms with Crippen molar-refractivity contribution in [1.82, 2.24) is 9.78 Å². The van der Waals surface area contributed by atoms with Crippen LogP contribution in [0, 0.1) is 6.92 Å². The van der Waals surface area contributed by atoms with Crippen LogP contribution in [0.3, 0.4) is 0 Å². The number of aromatic nitrogens is 2. The third kappa shape index (κ3) is 4.22. The van der Waals surface area contributed by atoms with Crippen LogP contribution in [-0.2, 0) is 14.6 Å². The van der Waals surface area contributed by atoms with E-state index in [-0.39, 0.29) is 18.1 Å². The average molecular weight is 430 g/mol. The smallest absolute Gasteiger partial charge is 0.280 e. The summed E-state index contributed by atoms with van der Waals surface area (Å²) in [5.41, 5.74) is 3.22. The summed E-state index contributed by atoms with van der Waals surface area (Å²) in [6.07, 6.45) is 4.96. The molecule has 3 aromatic rings. The van der Waals surface area contributed by atoms with E-state index in [0.29, 0.717) is 28.2 Å². The van der Waals surface area contributed by atoms with Crippen LogP contribution < -0.4 is 10.6 Å². The normalized spacial score (nSPS) is 15.2. The summed E-state index contributed by atoms with van der Waals surface area (Å²) in [7, 11) is 1.39. The number of hydrogen-bond donors (Lipinski definition) is 1. The Kier molecular flexibility index (Phi) is 6.25. The van der Waals surface area contributed by atoms with Gasteiger partial charge in [-0.15, -0.1) is 0 Å². The molecule has 0 fully saturated rings. The van der Waals surface area contributed by atoms with E-state index in [1.807, 2.05) is 55.5 Å². The Morgan fingerprint density at radius 1 is 1.00 bits per heavy atom. The second kappa shape index (κ2) is 9.42. The van der Waals surface area contributed by atoms with Crippen LogP contribution in [-0.4, -0.2) is 35.1 Å². The van der Waals surface area contributed by atoms with Crippen molar-refractivity contribution in [2.24, 2.45) is 5.10 Å². The highest BCUT2D eigenvalue weighted by Gasteiger charge is 2.30. The number of nitrogens with zero attached hydrogens (tertiary/aromatic N) is 3. The van der Waals surface area contributed by atoms with E-state index in [1.165, 1.54) is 16.8 Å². The molecule has 1 aliphatic rings. The maximum absolute atomic E-state index is 13.0. The van der Waals surface area contributed by atoms with Gasteiger partial charge < -0.3 is 0 Å². The third-order valence-corrected chi connectivity index (χ3v) is 4.93. The van der Waals surface area contributed by atoms with Crippen molar-refractivity contribution in [3.8, 4) is 5.69 Å². The lowest BCUT2D eigenvalue weighted by molar-refractivity contribution is -0.259. The lowest BCUT2D eigenvalue weighted by Gasteiger charge is -2.10. The minimum absolute atomic E-state index is 0.00917. The van der Waals surface area contributed by atoms with E-state index in [4.69, 9.17) is 4.89 Å². The quantitative estimate of drug-likeness (QED) is 0.354. The van der Waals surface area contributed by atoms with Crippen molar-refractivity contribution < 1.29 is 14.6 Å². The highest BCUT2D eigenvalue weighted by atomic mass is 17.2. The SMILES string of the molecule is COOCC1=NN(c2ccccc2)C(=O)C1=CC=Cc1c(C)[nH]n(-c2ccccc2)c1=O. The molecule has 8 nitrogen and oxygen atoms in total. The summed E-state index contributed by atoms with van der Waals surface area (Å²) in [6, 6.07) is 18.4. The molecule has 0 atom stereocenters. The number of aryl methyl sites for hydroxylation is 1. The number of nitrogens with one attached hydrogen (secondary N) is 1. The lowest BCUT2D eigenvalue weighted by Crippen LogP contribution is -2.21. The van der Waals surface area contributed by atoms with E-state index < -0.39 is 0 Å². The summed E-state index contributed by atoms with van der Waals surface area (Å²) >= 11 is 0. The molecule has 0 radical (unpaired) electrons. The van der Waals surface area contributed by atoms with Crippen LogP contribution in [0.25, 0.3) is 11.8 Å². The Morgan fingerprint density at radius 3 is 2.31 bits per heavy atom. The van der Waals surface area contributed by atoms with Gasteiger partial charge in [-0.3, -0.25) is 14.7 Å². The zero-order valence-electron chi connectivity index (χ0n) is 17.7. The Morgan fingerprint density at radius 2 is 1.66 bits per heavy atom. The highest BCUT2D eigenvalue weighted by molar-refractivity contribution is 6.31. The largest absolute Gasteiger partial charge is 0.295 e. The number of anilines is 1. The summed E-state index contributed by atoms with van der Waals surface area (Å²) < 4.78 is 1.49. The van der Waals surface area contributed by atoms with Crippen LogP contribution >= 0.6 is 0 Å². The summed E-state index contributed by atoms with van der Waals surface area (Å²) in [4.78, 5) is 35.5. The molecule has 1 aliphatic heterocycles. The van der Waals surface area contributed by atoms with Crippen molar-refractivity contribution in [1.29, 1.82) is 0 Å². The summed E-state index contributed by atoms with van der Waals surface area (Å²) in [5, 5.41) is 8.78. The lowest BCUT2D eigenvalue weighted by atomic mass is 10.1. The fourth-order valence-corrected chi connectivity index (χ4v) is 3.35. The Balaban J connectivity index is 1.63. The van der Waals surface area contributed by atoms with E-state index in [0.717, 1.165) is 5.69 Å². The number of carbonyl (C=O) groups excluding carboxylic acids is 1. The number of hydrazone groups is 1. The standard InChI is InChI=1S/C24H22N4O4/c1-17-20(23(29)27(25-17)18-10-5-3-6-11-18)14-9-15-21-22(16-32-31-2)26-28(24(21)30)19-12-7-4-8-13-19/h3-15,25H,16H2,1-2H3. The predicted molar refractivity (Wildman–Crippen MR) is 123 cm³/mol. The maximum atomic E-state index is 13.0. The zero-order valence-corrected chi connectivity index (χ0v) is 17.7. The van der Waals surface area contributed by atoms with Gasteiger partial charge in [-0.1, -0.05) is 42.5 Å². The number of carbonyl (C=O) groups is 1. The first-order chi connectivity index (χ1) is 15.6. The molecule has 1 N–H and O–H groups in total. The van der Waals surface area contributed by atoms with Gasteiger partial charge in [0, 0.05) is 5.69 Å². The molecule has 8 heteroatoms. The van der Waals surface area contributed by atoms with Gasteiger partial charge >= 0.3 is 0 Å². The van der Waals surface area contributed by atoms with Crippen LogP contribution in [0.4, 0.5) is 5.69 Å². The van der Waals surface area contributed by atoms with Crippen molar-refractivity contribution in [3.63, 3.8) is 0 Å². The molecular weight excluding hydrogens is 408 g/mol. The number of benzene rings is 2. The van der Waals surface area contributed by atoms with Crippen molar-refractivity contribution in [2.75, 3.05) is 18.7 Å². The molecule has 0 saturated carbocycles. The maximum Gasteiger partial charge on any atom is 0.280 e. The average Bonchev–Trinajstić information content (AvgIpc) is 3.29. The summed E-state index contributed by atoms with van der Waals surface area (Å²) in [5.74, 6) is -0.289. The van der Waals surface area contributed by atoms with Gasteiger partial charge in [0.05, 0.1) is 29.6 Å². The third-order valence-electron chi connectivity index (χ3n) is 4.93. The molecule has 0 saturated heterocycles. The summed E-state index contributed by atoms with van der Waals surface area (Å²) in [6.45, 7) is 1.83. The van der Waals surface area contributed by atoms with Gasteiger partial charge in [0.25, 0.3) is 11.5 Å².